The van der Waals surface area contributed by atoms with Gasteiger partial charge in [-0.1, -0.05) is 18.7 Å². The second-order valence-corrected chi connectivity index (χ2v) is 13.2. The highest BCUT2D eigenvalue weighted by atomic mass is 19.4. The van der Waals surface area contributed by atoms with Crippen LogP contribution in [-0.4, -0.2) is 5.54 Å². The summed E-state index contributed by atoms with van der Waals surface area (Å²) in [6.07, 6.45) is -7.36. The molecule has 0 radical (unpaired) electrons. The van der Waals surface area contributed by atoms with Gasteiger partial charge in [0.2, 0.25) is 0 Å². The van der Waals surface area contributed by atoms with Crippen LogP contribution in [0.1, 0.15) is 54.4 Å². The summed E-state index contributed by atoms with van der Waals surface area (Å²) in [4.78, 5) is -0.957. The van der Waals surface area contributed by atoms with Crippen molar-refractivity contribution in [1.29, 1.82) is 0 Å². The zero-order chi connectivity index (χ0) is 38.6. The lowest BCUT2D eigenvalue weighted by atomic mass is 9.75. The van der Waals surface area contributed by atoms with Gasteiger partial charge in [0.15, 0.2) is 52.4 Å². The summed E-state index contributed by atoms with van der Waals surface area (Å²) in [6, 6.07) is 0. The summed E-state index contributed by atoms with van der Waals surface area (Å²) in [7, 11) is 0. The predicted octanol–water partition coefficient (Wildman–Crippen LogP) is 12.1. The molecule has 2 atom stereocenters. The number of nitrogens with one attached hydrogen (secondary N) is 1. The number of hydrogen-bond acceptors (Lipinski definition) is 2. The van der Waals surface area contributed by atoms with Gasteiger partial charge in [-0.3, -0.25) is 4.90 Å². The highest BCUT2D eigenvalue weighted by Crippen LogP contribution is 2.61. The van der Waals surface area contributed by atoms with E-state index >= 15 is 35.1 Å². The molecule has 0 amide bonds. The number of anilines is 4. The first kappa shape index (κ1) is 37.4. The fourth-order valence-electron chi connectivity index (χ4n) is 8.22. The maximum absolute atomic E-state index is 16.6. The Kier molecular flexibility index (Phi) is 8.88. The van der Waals surface area contributed by atoms with E-state index < -0.39 is 126 Å². The molecule has 0 heterocycles. The SMILES string of the molecule is C=C/C=C/c1c(F)c(NC23CC4CC(C2)C(C4)C3)c(F)c(F)c1N(c1c(C)c(F)c(C(F)(F)F)c(F)c1F)c1c(F)c(F)c(C(F)(F)F)c(F)c1F. The molecular weight excluding hydrogens is 740 g/mol. The number of halogens is 16. The molecule has 0 aliphatic heterocycles. The van der Waals surface area contributed by atoms with E-state index in [9.17, 15) is 35.1 Å². The van der Waals surface area contributed by atoms with Gasteiger partial charge in [0.05, 0.1) is 11.4 Å². The Bertz CT molecular complexity index is 1890. The first-order valence-electron chi connectivity index (χ1n) is 15.3. The normalized spacial score (nSPS) is 22.6. The van der Waals surface area contributed by atoms with E-state index in [1.54, 1.807) is 0 Å². The molecule has 4 aliphatic rings. The summed E-state index contributed by atoms with van der Waals surface area (Å²) >= 11 is 0. The monoisotopic (exact) mass is 762 g/mol. The first-order chi connectivity index (χ1) is 24.1. The van der Waals surface area contributed by atoms with Gasteiger partial charge in [-0.25, -0.2) is 43.9 Å². The number of hydrogen-bond donors (Lipinski definition) is 1. The molecule has 7 rings (SSSR count). The highest BCUT2D eigenvalue weighted by molar-refractivity contribution is 5.87. The minimum atomic E-state index is -6.19. The van der Waals surface area contributed by atoms with Crippen molar-refractivity contribution >= 4 is 28.8 Å². The van der Waals surface area contributed by atoms with Gasteiger partial charge in [-0.05, 0) is 62.9 Å². The third-order valence-electron chi connectivity index (χ3n) is 10.0. The van der Waals surface area contributed by atoms with Crippen molar-refractivity contribution in [3.05, 3.63) is 99.2 Å². The van der Waals surface area contributed by atoms with Crippen LogP contribution in [0.2, 0.25) is 0 Å². The summed E-state index contributed by atoms with van der Waals surface area (Å²) < 4.78 is 238. The molecule has 0 aromatic heterocycles. The zero-order valence-corrected chi connectivity index (χ0v) is 26.2. The fourth-order valence-corrected chi connectivity index (χ4v) is 8.22. The zero-order valence-electron chi connectivity index (χ0n) is 26.2. The van der Waals surface area contributed by atoms with Crippen LogP contribution in [0.25, 0.3) is 6.08 Å². The molecule has 2 unspecified atom stereocenters. The van der Waals surface area contributed by atoms with Crippen LogP contribution in [0.15, 0.2) is 18.7 Å². The van der Waals surface area contributed by atoms with Crippen molar-refractivity contribution in [2.24, 2.45) is 17.8 Å². The minimum Gasteiger partial charge on any atom is -0.375 e. The van der Waals surface area contributed by atoms with Crippen LogP contribution in [0, 0.1) is 82.8 Å². The molecule has 3 aromatic rings. The number of benzene rings is 3. The summed E-state index contributed by atoms with van der Waals surface area (Å²) in [5.41, 5.74) is -18.7. The molecule has 52 heavy (non-hydrogen) atoms. The lowest BCUT2D eigenvalue weighted by Crippen LogP contribution is -2.42. The van der Waals surface area contributed by atoms with Crippen LogP contribution in [-0.2, 0) is 12.4 Å². The van der Waals surface area contributed by atoms with E-state index in [0.29, 0.717) is 25.3 Å². The average molecular weight is 763 g/mol. The molecule has 280 valence electrons. The summed E-state index contributed by atoms with van der Waals surface area (Å²) in [6.45, 7) is 3.44. The van der Waals surface area contributed by atoms with Gasteiger partial charge < -0.3 is 5.32 Å². The van der Waals surface area contributed by atoms with Gasteiger partial charge >= 0.3 is 12.4 Å². The molecular formula is C34H22F16N2. The van der Waals surface area contributed by atoms with Gasteiger partial charge in [-0.15, -0.1) is 0 Å². The Hall–Kier alpha value is -4.38. The maximum atomic E-state index is 16.6. The van der Waals surface area contributed by atoms with Crippen molar-refractivity contribution < 1.29 is 70.2 Å². The van der Waals surface area contributed by atoms with Crippen LogP contribution < -0.4 is 10.2 Å². The van der Waals surface area contributed by atoms with E-state index in [2.05, 4.69) is 11.9 Å². The number of allylic oxidation sites excluding steroid dienone is 2. The van der Waals surface area contributed by atoms with Crippen molar-refractivity contribution in [3.63, 3.8) is 0 Å². The molecule has 4 saturated carbocycles. The molecule has 1 N–H and O–H groups in total. The van der Waals surface area contributed by atoms with Crippen LogP contribution in [0.4, 0.5) is 93.0 Å². The van der Waals surface area contributed by atoms with Crippen molar-refractivity contribution in [2.45, 2.75) is 56.9 Å². The maximum Gasteiger partial charge on any atom is 0.422 e. The number of alkyl halides is 6. The Morgan fingerprint density at radius 3 is 1.54 bits per heavy atom. The standard InChI is InChI=1S/C34H22F16N2/c1-3-4-5-15-19(36)28(51-32-8-12-6-13(9-32)14(7-12)10-32)23(40)27(44)30(15)52(29-11(2)18(35)16(33(45,46)47)20(37)24(29)41)31-25(42)21(38)17(34(48,49)50)22(39)26(31)43/h3-5,12-14,51H,1,6-10H2,2H3/b5-4+. The van der Waals surface area contributed by atoms with Gasteiger partial charge in [-0.2, -0.15) is 26.3 Å². The predicted molar refractivity (Wildman–Crippen MR) is 155 cm³/mol. The summed E-state index contributed by atoms with van der Waals surface area (Å²) in [5.74, 6) is -28.0. The fraction of sp³-hybridized carbons (Fsp3) is 0.353. The molecule has 0 spiro atoms. The van der Waals surface area contributed by atoms with Crippen molar-refractivity contribution in [2.75, 3.05) is 10.2 Å². The molecule has 4 bridgehead atoms. The third kappa shape index (κ3) is 5.58. The smallest absolute Gasteiger partial charge is 0.375 e. The lowest BCUT2D eigenvalue weighted by molar-refractivity contribution is -0.143. The molecule has 18 heteroatoms. The van der Waals surface area contributed by atoms with Crippen LogP contribution >= 0.6 is 0 Å². The third-order valence-corrected chi connectivity index (χ3v) is 10.0. The lowest BCUT2D eigenvalue weighted by Gasteiger charge is -2.40. The number of rotatable bonds is 7. The Labute approximate surface area is 283 Å². The minimum absolute atomic E-state index is 0.140. The quantitative estimate of drug-likeness (QED) is 0.147. The van der Waals surface area contributed by atoms with Crippen LogP contribution in [0.5, 0.6) is 0 Å². The van der Waals surface area contributed by atoms with E-state index in [1.807, 2.05) is 0 Å². The van der Waals surface area contributed by atoms with E-state index in [4.69, 9.17) is 0 Å². The van der Waals surface area contributed by atoms with Gasteiger partial charge in [0.25, 0.3) is 0 Å². The topological polar surface area (TPSA) is 15.3 Å². The number of nitrogens with zero attached hydrogens (tertiary/aromatic N) is 1. The van der Waals surface area contributed by atoms with E-state index in [-0.39, 0.29) is 24.7 Å². The Morgan fingerprint density at radius 2 is 1.08 bits per heavy atom. The van der Waals surface area contributed by atoms with E-state index in [0.717, 1.165) is 25.0 Å². The van der Waals surface area contributed by atoms with Gasteiger partial charge in [0.1, 0.15) is 28.3 Å². The largest absolute Gasteiger partial charge is 0.422 e. The average Bonchev–Trinajstić information content (AvgIpc) is 3.46. The van der Waals surface area contributed by atoms with Crippen LogP contribution in [0.3, 0.4) is 0 Å². The molecule has 4 aliphatic carbocycles. The Balaban J connectivity index is 1.73. The molecule has 3 aromatic carbocycles. The summed E-state index contributed by atoms with van der Waals surface area (Å²) in [5, 5.41) is 2.64. The second kappa shape index (κ2) is 12.4. The highest BCUT2D eigenvalue weighted by Gasteiger charge is 2.56. The first-order valence-corrected chi connectivity index (χ1v) is 15.3. The van der Waals surface area contributed by atoms with Crippen molar-refractivity contribution in [3.8, 4) is 0 Å². The van der Waals surface area contributed by atoms with Gasteiger partial charge in [0, 0.05) is 16.7 Å². The van der Waals surface area contributed by atoms with E-state index in [1.165, 1.54) is 0 Å². The molecule has 0 saturated heterocycles. The Morgan fingerprint density at radius 1 is 0.615 bits per heavy atom. The molecule has 2 nitrogen and oxygen atoms in total. The molecule has 4 fully saturated rings. The second-order valence-electron chi connectivity index (χ2n) is 13.2. The van der Waals surface area contributed by atoms with Crippen molar-refractivity contribution in [1.82, 2.24) is 0 Å².